The molecule has 0 N–H and O–H groups in total. The largest absolute Gasteiger partial charge is 0.451 e. The smallest absolute Gasteiger partial charge is 0.289 e. The fourth-order valence-electron chi connectivity index (χ4n) is 4.84. The Hall–Kier alpha value is -3.44. The van der Waals surface area contributed by atoms with Crippen molar-refractivity contribution in [3.8, 4) is 0 Å². The van der Waals surface area contributed by atoms with Crippen molar-refractivity contribution in [2.45, 2.75) is 19.9 Å². The predicted octanol–water partition coefficient (Wildman–Crippen LogP) is 5.74. The topological polar surface area (TPSA) is 36.7 Å². The molecule has 1 aromatic heterocycles. The molecule has 3 aromatic carbocycles. The Balaban J connectivity index is 1.38. The standard InChI is InChI=1S/C28H27FN2O2/c1-19-8-6-7-11-23(19)26(21-9-4-3-5-10-21)30-14-16-31(17-15-30)28(32)27-20(2)24-18-22(29)12-13-25(24)33-27/h3-13,18,26H,14-17H2,1-2H3/t26-/m0/s1. The van der Waals surface area contributed by atoms with Gasteiger partial charge >= 0.3 is 0 Å². The lowest BCUT2D eigenvalue weighted by Gasteiger charge is -2.40. The van der Waals surface area contributed by atoms with E-state index in [-0.39, 0.29) is 17.8 Å². The summed E-state index contributed by atoms with van der Waals surface area (Å²) in [5.41, 5.74) is 5.04. The average Bonchev–Trinajstić information content (AvgIpc) is 3.17. The highest BCUT2D eigenvalue weighted by molar-refractivity contribution is 5.99. The second kappa shape index (κ2) is 8.83. The fraction of sp³-hybridized carbons (Fsp3) is 0.250. The first-order valence-corrected chi connectivity index (χ1v) is 11.4. The maximum atomic E-state index is 13.7. The third-order valence-electron chi connectivity index (χ3n) is 6.66. The Morgan fingerprint density at radius 3 is 2.33 bits per heavy atom. The molecule has 33 heavy (non-hydrogen) atoms. The van der Waals surface area contributed by atoms with Gasteiger partial charge in [-0.25, -0.2) is 4.39 Å². The number of hydrogen-bond donors (Lipinski definition) is 0. The highest BCUT2D eigenvalue weighted by atomic mass is 19.1. The molecule has 1 aliphatic heterocycles. The van der Waals surface area contributed by atoms with Crippen LogP contribution in [0.4, 0.5) is 4.39 Å². The van der Waals surface area contributed by atoms with Crippen LogP contribution in [0, 0.1) is 19.7 Å². The van der Waals surface area contributed by atoms with E-state index in [9.17, 15) is 9.18 Å². The van der Waals surface area contributed by atoms with Crippen LogP contribution in [-0.2, 0) is 0 Å². The zero-order valence-corrected chi connectivity index (χ0v) is 18.9. The van der Waals surface area contributed by atoms with E-state index >= 15 is 0 Å². The molecule has 1 atom stereocenters. The minimum atomic E-state index is -0.331. The molecule has 0 radical (unpaired) electrons. The summed E-state index contributed by atoms with van der Waals surface area (Å²) in [4.78, 5) is 17.6. The Morgan fingerprint density at radius 1 is 0.909 bits per heavy atom. The lowest BCUT2D eigenvalue weighted by Crippen LogP contribution is -2.50. The fourth-order valence-corrected chi connectivity index (χ4v) is 4.84. The van der Waals surface area contributed by atoms with Crippen molar-refractivity contribution in [3.05, 3.63) is 107 Å². The summed E-state index contributed by atoms with van der Waals surface area (Å²) in [5.74, 6) is -0.152. The van der Waals surface area contributed by atoms with Gasteiger partial charge in [-0.3, -0.25) is 9.69 Å². The van der Waals surface area contributed by atoms with Gasteiger partial charge in [0.05, 0.1) is 6.04 Å². The molecular formula is C28H27FN2O2. The van der Waals surface area contributed by atoms with Crippen molar-refractivity contribution in [2.75, 3.05) is 26.2 Å². The number of carbonyl (C=O) groups is 1. The SMILES string of the molecule is Cc1ccccc1[C@H](c1ccccc1)N1CCN(C(=O)c2oc3ccc(F)cc3c2C)CC1. The van der Waals surface area contributed by atoms with Crippen LogP contribution in [0.5, 0.6) is 0 Å². The monoisotopic (exact) mass is 442 g/mol. The van der Waals surface area contributed by atoms with Crippen LogP contribution < -0.4 is 0 Å². The molecule has 4 aromatic rings. The average molecular weight is 443 g/mol. The number of carbonyl (C=O) groups excluding carboxylic acids is 1. The molecular weight excluding hydrogens is 415 g/mol. The Morgan fingerprint density at radius 2 is 1.61 bits per heavy atom. The van der Waals surface area contributed by atoms with Crippen LogP contribution in [0.15, 0.2) is 77.2 Å². The summed E-state index contributed by atoms with van der Waals surface area (Å²) in [6, 6.07) is 23.5. The summed E-state index contributed by atoms with van der Waals surface area (Å²) >= 11 is 0. The number of furan rings is 1. The second-order valence-corrected chi connectivity index (χ2v) is 8.69. The third-order valence-corrected chi connectivity index (χ3v) is 6.66. The lowest BCUT2D eigenvalue weighted by molar-refractivity contribution is 0.0568. The van der Waals surface area contributed by atoms with Gasteiger partial charge in [-0.1, -0.05) is 54.6 Å². The quantitative estimate of drug-likeness (QED) is 0.405. The van der Waals surface area contributed by atoms with E-state index in [4.69, 9.17) is 4.42 Å². The molecule has 0 bridgehead atoms. The van der Waals surface area contributed by atoms with Gasteiger partial charge in [0.25, 0.3) is 5.91 Å². The molecule has 168 valence electrons. The van der Waals surface area contributed by atoms with Gasteiger partial charge < -0.3 is 9.32 Å². The van der Waals surface area contributed by atoms with E-state index in [2.05, 4.69) is 60.4 Å². The summed E-state index contributed by atoms with van der Waals surface area (Å²) in [6.45, 7) is 6.70. The first-order valence-electron chi connectivity index (χ1n) is 11.4. The highest BCUT2D eigenvalue weighted by Crippen LogP contribution is 2.32. The molecule has 2 heterocycles. The van der Waals surface area contributed by atoms with Crippen molar-refractivity contribution in [1.82, 2.24) is 9.80 Å². The minimum absolute atomic E-state index is 0.129. The number of fused-ring (bicyclic) bond motifs is 1. The van der Waals surface area contributed by atoms with Crippen molar-refractivity contribution in [3.63, 3.8) is 0 Å². The number of piperazine rings is 1. The molecule has 0 unspecified atom stereocenters. The number of aryl methyl sites for hydroxylation is 2. The molecule has 1 amide bonds. The van der Waals surface area contributed by atoms with Gasteiger partial charge in [-0.2, -0.15) is 0 Å². The number of rotatable bonds is 4. The molecule has 0 saturated carbocycles. The van der Waals surface area contributed by atoms with E-state index < -0.39 is 0 Å². The molecule has 1 fully saturated rings. The summed E-state index contributed by atoms with van der Waals surface area (Å²) in [5, 5.41) is 0.653. The van der Waals surface area contributed by atoms with E-state index in [0.29, 0.717) is 35.4 Å². The zero-order chi connectivity index (χ0) is 22.9. The van der Waals surface area contributed by atoms with Gasteiger partial charge in [0.2, 0.25) is 0 Å². The van der Waals surface area contributed by atoms with Gasteiger partial charge in [0.1, 0.15) is 11.4 Å². The Kier molecular flexibility index (Phi) is 5.73. The van der Waals surface area contributed by atoms with Crippen molar-refractivity contribution >= 4 is 16.9 Å². The second-order valence-electron chi connectivity index (χ2n) is 8.69. The van der Waals surface area contributed by atoms with Crippen molar-refractivity contribution in [1.29, 1.82) is 0 Å². The van der Waals surface area contributed by atoms with E-state index in [1.165, 1.54) is 28.8 Å². The number of benzene rings is 3. The first kappa shape index (κ1) is 21.4. The summed E-state index contributed by atoms with van der Waals surface area (Å²) < 4.78 is 19.5. The number of hydrogen-bond acceptors (Lipinski definition) is 3. The van der Waals surface area contributed by atoms with Crippen LogP contribution in [0.1, 0.15) is 38.9 Å². The third kappa shape index (κ3) is 4.05. The van der Waals surface area contributed by atoms with Crippen molar-refractivity contribution < 1.29 is 13.6 Å². The van der Waals surface area contributed by atoms with Crippen LogP contribution in [-0.4, -0.2) is 41.9 Å². The molecule has 0 aliphatic carbocycles. The van der Waals surface area contributed by atoms with Gasteiger partial charge in [0, 0.05) is 37.1 Å². The Labute approximate surface area is 193 Å². The number of halogens is 1. The minimum Gasteiger partial charge on any atom is -0.451 e. The van der Waals surface area contributed by atoms with Crippen LogP contribution in [0.2, 0.25) is 0 Å². The number of nitrogens with zero attached hydrogens (tertiary/aromatic N) is 2. The van der Waals surface area contributed by atoms with E-state index in [1.54, 1.807) is 6.07 Å². The lowest BCUT2D eigenvalue weighted by atomic mass is 9.93. The molecule has 1 saturated heterocycles. The van der Waals surface area contributed by atoms with Crippen molar-refractivity contribution in [2.24, 2.45) is 0 Å². The maximum absolute atomic E-state index is 13.7. The molecule has 1 aliphatic rings. The Bertz CT molecular complexity index is 1290. The molecule has 5 heteroatoms. The zero-order valence-electron chi connectivity index (χ0n) is 18.9. The predicted molar refractivity (Wildman–Crippen MR) is 128 cm³/mol. The van der Waals surface area contributed by atoms with Crippen LogP contribution in [0.25, 0.3) is 11.0 Å². The van der Waals surface area contributed by atoms with Crippen LogP contribution in [0.3, 0.4) is 0 Å². The molecule has 4 nitrogen and oxygen atoms in total. The molecule has 5 rings (SSSR count). The normalized spacial score (nSPS) is 15.7. The summed E-state index contributed by atoms with van der Waals surface area (Å²) in [7, 11) is 0. The maximum Gasteiger partial charge on any atom is 0.289 e. The van der Waals surface area contributed by atoms with E-state index in [0.717, 1.165) is 13.1 Å². The van der Waals surface area contributed by atoms with Crippen LogP contribution >= 0.6 is 0 Å². The number of amides is 1. The highest BCUT2D eigenvalue weighted by Gasteiger charge is 2.31. The molecule has 0 spiro atoms. The van der Waals surface area contributed by atoms with E-state index in [1.807, 2.05) is 17.9 Å². The van der Waals surface area contributed by atoms with Gasteiger partial charge in [-0.05, 0) is 48.7 Å². The first-order chi connectivity index (χ1) is 16.0. The summed E-state index contributed by atoms with van der Waals surface area (Å²) in [6.07, 6.45) is 0. The van der Waals surface area contributed by atoms with Gasteiger partial charge in [-0.15, -0.1) is 0 Å². The van der Waals surface area contributed by atoms with Gasteiger partial charge in [0.15, 0.2) is 5.76 Å².